The number of benzene rings is 1. The summed E-state index contributed by atoms with van der Waals surface area (Å²) < 4.78 is 23.6. The van der Waals surface area contributed by atoms with Gasteiger partial charge in [0.1, 0.15) is 17.7 Å². The van der Waals surface area contributed by atoms with Gasteiger partial charge < -0.3 is 14.6 Å². The SMILES string of the molecule is COc1ccc(C(O)COC(C)C)c(F)c1. The molecule has 0 saturated heterocycles. The van der Waals surface area contributed by atoms with Gasteiger partial charge in [-0.3, -0.25) is 0 Å². The van der Waals surface area contributed by atoms with Crippen LogP contribution in [-0.2, 0) is 4.74 Å². The molecule has 90 valence electrons. The highest BCUT2D eigenvalue weighted by Crippen LogP contribution is 2.22. The molecule has 0 aliphatic heterocycles. The van der Waals surface area contributed by atoms with Crippen LogP contribution in [0.3, 0.4) is 0 Å². The van der Waals surface area contributed by atoms with E-state index in [1.165, 1.54) is 19.2 Å². The molecule has 1 aromatic rings. The van der Waals surface area contributed by atoms with Gasteiger partial charge in [-0.15, -0.1) is 0 Å². The molecule has 1 rings (SSSR count). The average molecular weight is 228 g/mol. The Kier molecular flexibility index (Phi) is 4.71. The summed E-state index contributed by atoms with van der Waals surface area (Å²) in [6, 6.07) is 4.35. The second-order valence-corrected chi connectivity index (χ2v) is 3.79. The molecule has 16 heavy (non-hydrogen) atoms. The van der Waals surface area contributed by atoms with Crippen LogP contribution in [0.5, 0.6) is 5.75 Å². The van der Waals surface area contributed by atoms with Crippen LogP contribution in [0.25, 0.3) is 0 Å². The van der Waals surface area contributed by atoms with Crippen LogP contribution in [0.2, 0.25) is 0 Å². The molecule has 0 amide bonds. The summed E-state index contributed by atoms with van der Waals surface area (Å²) >= 11 is 0. The summed E-state index contributed by atoms with van der Waals surface area (Å²) in [5, 5.41) is 9.71. The minimum atomic E-state index is -0.951. The third-order valence-corrected chi connectivity index (χ3v) is 2.15. The first kappa shape index (κ1) is 12.9. The minimum Gasteiger partial charge on any atom is -0.497 e. The van der Waals surface area contributed by atoms with E-state index in [4.69, 9.17) is 9.47 Å². The lowest BCUT2D eigenvalue weighted by molar-refractivity contribution is 0.00357. The summed E-state index contributed by atoms with van der Waals surface area (Å²) in [6.45, 7) is 3.80. The maximum Gasteiger partial charge on any atom is 0.132 e. The Labute approximate surface area is 94.8 Å². The molecule has 0 heterocycles. The lowest BCUT2D eigenvalue weighted by Crippen LogP contribution is -2.13. The average Bonchev–Trinajstić information content (AvgIpc) is 2.25. The van der Waals surface area contributed by atoms with E-state index in [9.17, 15) is 9.50 Å². The fraction of sp³-hybridized carbons (Fsp3) is 0.500. The normalized spacial score (nSPS) is 12.9. The van der Waals surface area contributed by atoms with Crippen LogP contribution in [0, 0.1) is 5.82 Å². The molecule has 4 heteroatoms. The van der Waals surface area contributed by atoms with Gasteiger partial charge in [0.2, 0.25) is 0 Å². The van der Waals surface area contributed by atoms with Crippen molar-refractivity contribution in [3.8, 4) is 5.75 Å². The lowest BCUT2D eigenvalue weighted by atomic mass is 10.1. The first-order valence-corrected chi connectivity index (χ1v) is 5.17. The van der Waals surface area contributed by atoms with Gasteiger partial charge in [-0.05, 0) is 26.0 Å². The van der Waals surface area contributed by atoms with Crippen LogP contribution in [-0.4, -0.2) is 24.9 Å². The van der Waals surface area contributed by atoms with Gasteiger partial charge >= 0.3 is 0 Å². The van der Waals surface area contributed by atoms with Crippen molar-refractivity contribution < 1.29 is 19.0 Å². The highest BCUT2D eigenvalue weighted by molar-refractivity contribution is 5.30. The molecule has 0 aliphatic rings. The van der Waals surface area contributed by atoms with Gasteiger partial charge in [0.05, 0.1) is 19.8 Å². The van der Waals surface area contributed by atoms with E-state index in [-0.39, 0.29) is 18.3 Å². The Morgan fingerprint density at radius 2 is 2.06 bits per heavy atom. The molecule has 1 aromatic carbocycles. The van der Waals surface area contributed by atoms with Crippen molar-refractivity contribution in [1.82, 2.24) is 0 Å². The third-order valence-electron chi connectivity index (χ3n) is 2.15. The zero-order valence-corrected chi connectivity index (χ0v) is 9.74. The maximum absolute atomic E-state index is 13.5. The molecule has 0 spiro atoms. The van der Waals surface area contributed by atoms with Gasteiger partial charge in [-0.25, -0.2) is 4.39 Å². The predicted molar refractivity (Wildman–Crippen MR) is 59.0 cm³/mol. The first-order valence-electron chi connectivity index (χ1n) is 5.17. The maximum atomic E-state index is 13.5. The molecule has 0 fully saturated rings. The molecule has 0 radical (unpaired) electrons. The Morgan fingerprint density at radius 3 is 2.56 bits per heavy atom. The van der Waals surface area contributed by atoms with E-state index in [0.29, 0.717) is 5.75 Å². The molecule has 0 saturated carbocycles. The Bertz CT molecular complexity index is 339. The van der Waals surface area contributed by atoms with Crippen molar-refractivity contribution in [2.45, 2.75) is 26.1 Å². The quantitative estimate of drug-likeness (QED) is 0.840. The number of hydrogen-bond acceptors (Lipinski definition) is 3. The predicted octanol–water partition coefficient (Wildman–Crippen LogP) is 2.29. The van der Waals surface area contributed by atoms with Gasteiger partial charge in [0.15, 0.2) is 0 Å². The standard InChI is InChI=1S/C12H17FO3/c1-8(2)16-7-12(14)10-5-4-9(15-3)6-11(10)13/h4-6,8,12,14H,7H2,1-3H3. The van der Waals surface area contributed by atoms with E-state index in [2.05, 4.69) is 0 Å². The van der Waals surface area contributed by atoms with Gasteiger partial charge in [-0.2, -0.15) is 0 Å². The minimum absolute atomic E-state index is 0.0101. The summed E-state index contributed by atoms with van der Waals surface area (Å²) in [4.78, 5) is 0. The van der Waals surface area contributed by atoms with Gasteiger partial charge in [0, 0.05) is 11.6 Å². The molecular weight excluding hydrogens is 211 g/mol. The van der Waals surface area contributed by atoms with E-state index in [1.54, 1.807) is 6.07 Å². The summed E-state index contributed by atoms with van der Waals surface area (Å²) in [7, 11) is 1.47. The Hall–Kier alpha value is -1.13. The smallest absolute Gasteiger partial charge is 0.132 e. The van der Waals surface area contributed by atoms with Crippen molar-refractivity contribution in [3.63, 3.8) is 0 Å². The van der Waals surface area contributed by atoms with Gasteiger partial charge in [0.25, 0.3) is 0 Å². The monoisotopic (exact) mass is 228 g/mol. The number of methoxy groups -OCH3 is 1. The number of rotatable bonds is 5. The molecule has 0 bridgehead atoms. The van der Waals surface area contributed by atoms with Crippen molar-refractivity contribution in [2.75, 3.05) is 13.7 Å². The molecule has 1 atom stereocenters. The second kappa shape index (κ2) is 5.82. The number of hydrogen-bond donors (Lipinski definition) is 1. The third kappa shape index (κ3) is 3.47. The molecular formula is C12H17FO3. The van der Waals surface area contributed by atoms with E-state index >= 15 is 0 Å². The zero-order valence-electron chi connectivity index (χ0n) is 9.74. The number of aliphatic hydroxyl groups is 1. The Morgan fingerprint density at radius 1 is 1.38 bits per heavy atom. The van der Waals surface area contributed by atoms with E-state index < -0.39 is 11.9 Å². The highest BCUT2D eigenvalue weighted by atomic mass is 19.1. The largest absolute Gasteiger partial charge is 0.497 e. The lowest BCUT2D eigenvalue weighted by Gasteiger charge is -2.14. The fourth-order valence-electron chi connectivity index (χ4n) is 1.28. The second-order valence-electron chi connectivity index (χ2n) is 3.79. The van der Waals surface area contributed by atoms with Gasteiger partial charge in [-0.1, -0.05) is 0 Å². The van der Waals surface area contributed by atoms with Crippen molar-refractivity contribution >= 4 is 0 Å². The van der Waals surface area contributed by atoms with Crippen LogP contribution in [0.1, 0.15) is 25.5 Å². The molecule has 1 N–H and O–H groups in total. The van der Waals surface area contributed by atoms with Crippen LogP contribution in [0.4, 0.5) is 4.39 Å². The van der Waals surface area contributed by atoms with Crippen LogP contribution in [0.15, 0.2) is 18.2 Å². The zero-order chi connectivity index (χ0) is 12.1. The number of ether oxygens (including phenoxy) is 2. The summed E-state index contributed by atoms with van der Waals surface area (Å²) in [6.07, 6.45) is -0.940. The first-order chi connectivity index (χ1) is 7.54. The topological polar surface area (TPSA) is 38.7 Å². The number of aliphatic hydroxyl groups excluding tert-OH is 1. The van der Waals surface area contributed by atoms with Crippen LogP contribution >= 0.6 is 0 Å². The summed E-state index contributed by atoms with van der Waals surface area (Å²) in [5.74, 6) is -0.0579. The van der Waals surface area contributed by atoms with Crippen LogP contribution < -0.4 is 4.74 Å². The molecule has 3 nitrogen and oxygen atoms in total. The molecule has 0 aromatic heterocycles. The molecule has 0 aliphatic carbocycles. The fourth-order valence-corrected chi connectivity index (χ4v) is 1.28. The number of halogens is 1. The van der Waals surface area contributed by atoms with Crippen molar-refractivity contribution in [3.05, 3.63) is 29.6 Å². The Balaban J connectivity index is 2.71. The summed E-state index contributed by atoms with van der Waals surface area (Å²) in [5.41, 5.74) is 0.224. The van der Waals surface area contributed by atoms with E-state index in [0.717, 1.165) is 0 Å². The highest BCUT2D eigenvalue weighted by Gasteiger charge is 2.14. The molecule has 1 unspecified atom stereocenters. The van der Waals surface area contributed by atoms with Crippen molar-refractivity contribution in [2.24, 2.45) is 0 Å². The van der Waals surface area contributed by atoms with E-state index in [1.807, 2.05) is 13.8 Å². The van der Waals surface area contributed by atoms with Crippen molar-refractivity contribution in [1.29, 1.82) is 0 Å².